The third-order valence-corrected chi connectivity index (χ3v) is 4.42. The van der Waals surface area contributed by atoms with Crippen molar-refractivity contribution >= 4 is 23.1 Å². The van der Waals surface area contributed by atoms with Crippen LogP contribution >= 0.6 is 11.3 Å². The van der Waals surface area contributed by atoms with E-state index in [-0.39, 0.29) is 5.91 Å². The second-order valence-electron chi connectivity index (χ2n) is 5.03. The molecule has 2 aromatic heterocycles. The minimum atomic E-state index is -4.49. The highest BCUT2D eigenvalue weighted by Gasteiger charge is 2.33. The molecule has 23 heavy (non-hydrogen) atoms. The highest BCUT2D eigenvalue weighted by molar-refractivity contribution is 7.12. The standard InChI is InChI=1S/C14H13F3N4OS/c15-14(16,17)11-3-4-12(19-18-11)20-5-7-21(8-6-20)13(22)10-2-1-9-23-10/h1-4,9H,5-8H2. The molecule has 1 amide bonds. The highest BCUT2D eigenvalue weighted by Crippen LogP contribution is 2.27. The average Bonchev–Trinajstić information content (AvgIpc) is 3.08. The van der Waals surface area contributed by atoms with E-state index in [0.29, 0.717) is 36.9 Å². The number of aromatic nitrogens is 2. The molecule has 0 atom stereocenters. The van der Waals surface area contributed by atoms with Crippen LogP contribution in [0.2, 0.25) is 0 Å². The van der Waals surface area contributed by atoms with E-state index in [1.807, 2.05) is 16.3 Å². The van der Waals surface area contributed by atoms with E-state index >= 15 is 0 Å². The second-order valence-corrected chi connectivity index (χ2v) is 5.98. The summed E-state index contributed by atoms with van der Waals surface area (Å²) in [5.41, 5.74) is -1.01. The molecular formula is C14H13F3N4OS. The first-order valence-electron chi connectivity index (χ1n) is 6.94. The van der Waals surface area contributed by atoms with E-state index in [2.05, 4.69) is 10.2 Å². The minimum Gasteiger partial charge on any atom is -0.352 e. The van der Waals surface area contributed by atoms with Gasteiger partial charge < -0.3 is 9.80 Å². The molecule has 0 bridgehead atoms. The number of anilines is 1. The predicted molar refractivity (Wildman–Crippen MR) is 79.5 cm³/mol. The van der Waals surface area contributed by atoms with Gasteiger partial charge in [0, 0.05) is 26.2 Å². The number of nitrogens with zero attached hydrogens (tertiary/aromatic N) is 4. The first-order chi connectivity index (χ1) is 10.9. The summed E-state index contributed by atoms with van der Waals surface area (Å²) in [4.78, 5) is 16.5. The second kappa shape index (κ2) is 6.15. The van der Waals surface area contributed by atoms with Crippen LogP contribution in [0.1, 0.15) is 15.4 Å². The van der Waals surface area contributed by atoms with Crippen molar-refractivity contribution in [1.82, 2.24) is 15.1 Å². The van der Waals surface area contributed by atoms with Crippen molar-refractivity contribution in [2.24, 2.45) is 0 Å². The summed E-state index contributed by atoms with van der Waals surface area (Å²) in [5.74, 6) is 0.374. The Kier molecular flexibility index (Phi) is 4.20. The van der Waals surface area contributed by atoms with Gasteiger partial charge in [-0.25, -0.2) is 0 Å². The fourth-order valence-corrected chi connectivity index (χ4v) is 3.03. The number of rotatable bonds is 2. The molecule has 0 radical (unpaired) electrons. The summed E-state index contributed by atoms with van der Waals surface area (Å²) in [6, 6.07) is 5.84. The van der Waals surface area contributed by atoms with Crippen LogP contribution in [0.15, 0.2) is 29.6 Å². The zero-order valence-corrected chi connectivity index (χ0v) is 12.8. The quantitative estimate of drug-likeness (QED) is 0.841. The molecule has 0 aliphatic carbocycles. The van der Waals surface area contributed by atoms with Crippen LogP contribution in [0.25, 0.3) is 0 Å². The Morgan fingerprint density at radius 3 is 2.35 bits per heavy atom. The van der Waals surface area contributed by atoms with Gasteiger partial charge in [0.25, 0.3) is 5.91 Å². The van der Waals surface area contributed by atoms with Crippen LogP contribution in [-0.4, -0.2) is 47.2 Å². The molecular weight excluding hydrogens is 329 g/mol. The molecule has 122 valence electrons. The van der Waals surface area contributed by atoms with Crippen LogP contribution in [0.4, 0.5) is 19.0 Å². The SMILES string of the molecule is O=C(c1cccs1)N1CCN(c2ccc(C(F)(F)F)nn2)CC1. The molecule has 0 spiro atoms. The van der Waals surface area contributed by atoms with Gasteiger partial charge in [-0.1, -0.05) is 6.07 Å². The fraction of sp³-hybridized carbons (Fsp3) is 0.357. The van der Waals surface area contributed by atoms with E-state index in [1.54, 1.807) is 11.0 Å². The summed E-state index contributed by atoms with van der Waals surface area (Å²) < 4.78 is 37.4. The first kappa shape index (κ1) is 15.7. The minimum absolute atomic E-state index is 0.0156. The Hall–Kier alpha value is -2.16. The third-order valence-electron chi connectivity index (χ3n) is 3.56. The van der Waals surface area contributed by atoms with Crippen molar-refractivity contribution in [3.63, 3.8) is 0 Å². The summed E-state index contributed by atoms with van der Waals surface area (Å²) in [6.07, 6.45) is -4.49. The monoisotopic (exact) mass is 342 g/mol. The van der Waals surface area contributed by atoms with Crippen LogP contribution < -0.4 is 4.90 Å². The molecule has 9 heteroatoms. The van der Waals surface area contributed by atoms with Gasteiger partial charge in [0.1, 0.15) is 0 Å². The van der Waals surface area contributed by atoms with Gasteiger partial charge in [0.2, 0.25) is 0 Å². The zero-order valence-electron chi connectivity index (χ0n) is 12.0. The van der Waals surface area contributed by atoms with Gasteiger partial charge in [0.15, 0.2) is 11.5 Å². The Bertz CT molecular complexity index is 664. The van der Waals surface area contributed by atoms with E-state index < -0.39 is 11.9 Å². The van der Waals surface area contributed by atoms with Gasteiger partial charge in [-0.2, -0.15) is 13.2 Å². The maximum absolute atomic E-state index is 12.5. The molecule has 1 aliphatic rings. The molecule has 1 aliphatic heterocycles. The van der Waals surface area contributed by atoms with Gasteiger partial charge in [-0.3, -0.25) is 4.79 Å². The maximum atomic E-state index is 12.5. The van der Waals surface area contributed by atoms with Crippen molar-refractivity contribution in [3.05, 3.63) is 40.2 Å². The fourth-order valence-electron chi connectivity index (χ4n) is 2.34. The largest absolute Gasteiger partial charge is 0.435 e. The number of carbonyl (C=O) groups is 1. The van der Waals surface area contributed by atoms with Gasteiger partial charge in [0.05, 0.1) is 4.88 Å². The summed E-state index contributed by atoms with van der Waals surface area (Å²) in [5, 5.41) is 8.72. The molecule has 0 N–H and O–H groups in total. The Balaban J connectivity index is 1.62. The number of halogens is 3. The lowest BCUT2D eigenvalue weighted by Crippen LogP contribution is -2.49. The van der Waals surface area contributed by atoms with E-state index in [0.717, 1.165) is 6.07 Å². The number of carbonyl (C=O) groups excluding carboxylic acids is 1. The van der Waals surface area contributed by atoms with Crippen molar-refractivity contribution < 1.29 is 18.0 Å². The molecule has 0 saturated carbocycles. The maximum Gasteiger partial charge on any atom is 0.435 e. The van der Waals surface area contributed by atoms with Gasteiger partial charge in [-0.15, -0.1) is 21.5 Å². The summed E-state index contributed by atoms with van der Waals surface area (Å²) in [6.45, 7) is 2.02. The molecule has 1 fully saturated rings. The van der Waals surface area contributed by atoms with Gasteiger partial charge in [-0.05, 0) is 23.6 Å². The lowest BCUT2D eigenvalue weighted by molar-refractivity contribution is -0.141. The molecule has 1 saturated heterocycles. The number of alkyl halides is 3. The van der Waals surface area contributed by atoms with Crippen molar-refractivity contribution in [3.8, 4) is 0 Å². The number of hydrogen-bond donors (Lipinski definition) is 0. The smallest absolute Gasteiger partial charge is 0.352 e. The molecule has 3 rings (SSSR count). The number of piperazine rings is 1. The average molecular weight is 342 g/mol. The van der Waals surface area contributed by atoms with Crippen LogP contribution in [0.5, 0.6) is 0 Å². The van der Waals surface area contributed by atoms with Crippen molar-refractivity contribution in [2.45, 2.75) is 6.18 Å². The topological polar surface area (TPSA) is 49.3 Å². The Morgan fingerprint density at radius 2 is 1.83 bits per heavy atom. The molecule has 0 aromatic carbocycles. The van der Waals surface area contributed by atoms with Crippen LogP contribution in [0, 0.1) is 0 Å². The number of hydrogen-bond acceptors (Lipinski definition) is 5. The molecule has 3 heterocycles. The molecule has 5 nitrogen and oxygen atoms in total. The number of thiophene rings is 1. The van der Waals surface area contributed by atoms with Crippen LogP contribution in [0.3, 0.4) is 0 Å². The Labute approximate surface area is 134 Å². The molecule has 0 unspecified atom stereocenters. The van der Waals surface area contributed by atoms with Crippen molar-refractivity contribution in [1.29, 1.82) is 0 Å². The normalized spacial score (nSPS) is 15.8. The van der Waals surface area contributed by atoms with E-state index in [4.69, 9.17) is 0 Å². The zero-order chi connectivity index (χ0) is 16.4. The Morgan fingerprint density at radius 1 is 1.09 bits per heavy atom. The predicted octanol–water partition coefficient (Wildman–Crippen LogP) is 2.52. The van der Waals surface area contributed by atoms with Crippen molar-refractivity contribution in [2.75, 3.05) is 31.1 Å². The lowest BCUT2D eigenvalue weighted by Gasteiger charge is -2.35. The van der Waals surface area contributed by atoms with E-state index in [9.17, 15) is 18.0 Å². The van der Waals surface area contributed by atoms with E-state index in [1.165, 1.54) is 17.4 Å². The summed E-state index contributed by atoms with van der Waals surface area (Å²) in [7, 11) is 0. The summed E-state index contributed by atoms with van der Waals surface area (Å²) >= 11 is 1.39. The third kappa shape index (κ3) is 3.44. The lowest BCUT2D eigenvalue weighted by atomic mass is 10.3. The highest BCUT2D eigenvalue weighted by atomic mass is 32.1. The molecule has 2 aromatic rings. The number of amides is 1. The first-order valence-corrected chi connectivity index (χ1v) is 7.82. The van der Waals surface area contributed by atoms with Gasteiger partial charge >= 0.3 is 6.18 Å². The van der Waals surface area contributed by atoms with Crippen LogP contribution in [-0.2, 0) is 6.18 Å².